The zero-order chi connectivity index (χ0) is 18.6. The number of aliphatic imine (C=N–C) groups is 1. The van der Waals surface area contributed by atoms with E-state index >= 15 is 0 Å². The van der Waals surface area contributed by atoms with E-state index in [1.165, 1.54) is 5.56 Å². The number of hydrogen-bond acceptors (Lipinski definition) is 3. The Kier molecular flexibility index (Phi) is 4.91. The summed E-state index contributed by atoms with van der Waals surface area (Å²) in [6.45, 7) is 2.67. The lowest BCUT2D eigenvalue weighted by molar-refractivity contribution is 0.486. The molecule has 2 aromatic heterocycles. The summed E-state index contributed by atoms with van der Waals surface area (Å²) in [5.74, 6) is 1.45. The minimum Gasteiger partial charge on any atom is -0.352 e. The summed E-state index contributed by atoms with van der Waals surface area (Å²) in [4.78, 5) is 6.79. The Morgan fingerprint density at radius 2 is 2.04 bits per heavy atom. The average molecular weight is 363 g/mol. The van der Waals surface area contributed by atoms with Gasteiger partial charge in [0.15, 0.2) is 5.96 Å². The van der Waals surface area contributed by atoms with Crippen molar-refractivity contribution in [2.45, 2.75) is 18.9 Å². The lowest BCUT2D eigenvalue weighted by Gasteiger charge is -2.21. The topological polar surface area (TPSA) is 63.3 Å². The van der Waals surface area contributed by atoms with Crippen molar-refractivity contribution < 1.29 is 0 Å². The molecule has 0 spiro atoms. The van der Waals surface area contributed by atoms with Crippen LogP contribution in [0.3, 0.4) is 0 Å². The summed E-state index contributed by atoms with van der Waals surface area (Å²) in [6, 6.07) is 10.1. The van der Waals surface area contributed by atoms with E-state index < -0.39 is 0 Å². The molecule has 0 aliphatic carbocycles. The highest BCUT2D eigenvalue weighted by atomic mass is 15.3. The van der Waals surface area contributed by atoms with Gasteiger partial charge in [-0.1, -0.05) is 18.2 Å². The molecule has 0 amide bonds. The highest BCUT2D eigenvalue weighted by Gasteiger charge is 2.26. The van der Waals surface area contributed by atoms with Crippen molar-refractivity contribution in [2.75, 3.05) is 20.1 Å². The van der Waals surface area contributed by atoms with Crippen LogP contribution in [-0.4, -0.2) is 50.6 Å². The van der Waals surface area contributed by atoms with Gasteiger partial charge < -0.3 is 10.2 Å². The van der Waals surface area contributed by atoms with Crippen LogP contribution in [0.25, 0.3) is 5.69 Å². The summed E-state index contributed by atoms with van der Waals surface area (Å²) in [5.41, 5.74) is 3.49. The van der Waals surface area contributed by atoms with E-state index in [1.807, 2.05) is 66.2 Å². The van der Waals surface area contributed by atoms with E-state index in [2.05, 4.69) is 37.8 Å². The van der Waals surface area contributed by atoms with E-state index in [0.29, 0.717) is 12.5 Å². The fourth-order valence-corrected chi connectivity index (χ4v) is 3.56. The van der Waals surface area contributed by atoms with Crippen LogP contribution >= 0.6 is 0 Å². The Morgan fingerprint density at radius 3 is 2.78 bits per heavy atom. The maximum atomic E-state index is 4.47. The van der Waals surface area contributed by atoms with E-state index in [4.69, 9.17) is 0 Å². The molecule has 3 aromatic rings. The third kappa shape index (κ3) is 3.86. The first kappa shape index (κ1) is 17.3. The molecule has 140 valence electrons. The zero-order valence-corrected chi connectivity index (χ0v) is 15.8. The van der Waals surface area contributed by atoms with E-state index in [-0.39, 0.29) is 0 Å². The average Bonchev–Trinajstić information content (AvgIpc) is 3.44. The molecule has 7 heteroatoms. The molecule has 0 radical (unpaired) electrons. The number of nitrogens with zero attached hydrogens (tertiary/aromatic N) is 6. The van der Waals surface area contributed by atoms with Crippen LogP contribution in [0, 0.1) is 0 Å². The summed E-state index contributed by atoms with van der Waals surface area (Å²) in [6.07, 6.45) is 9.16. The first-order valence-electron chi connectivity index (χ1n) is 9.26. The van der Waals surface area contributed by atoms with Gasteiger partial charge in [-0.3, -0.25) is 9.67 Å². The van der Waals surface area contributed by atoms with Gasteiger partial charge in [0.05, 0.1) is 18.1 Å². The number of aromatic nitrogens is 4. The van der Waals surface area contributed by atoms with Gasteiger partial charge in [0.25, 0.3) is 0 Å². The summed E-state index contributed by atoms with van der Waals surface area (Å²) in [5, 5.41) is 12.2. The van der Waals surface area contributed by atoms with Crippen LogP contribution < -0.4 is 5.32 Å². The Labute approximate surface area is 159 Å². The van der Waals surface area contributed by atoms with E-state index in [1.54, 1.807) is 0 Å². The predicted octanol–water partition coefficient (Wildman–Crippen LogP) is 2.17. The molecule has 1 aliphatic rings. The van der Waals surface area contributed by atoms with Crippen LogP contribution in [0.2, 0.25) is 0 Å². The molecule has 1 aliphatic heterocycles. The number of hydrogen-bond donors (Lipinski definition) is 1. The summed E-state index contributed by atoms with van der Waals surface area (Å²) < 4.78 is 3.77. The lowest BCUT2D eigenvalue weighted by atomic mass is 10.0. The van der Waals surface area contributed by atoms with Gasteiger partial charge in [0.2, 0.25) is 0 Å². The number of para-hydroxylation sites is 1. The van der Waals surface area contributed by atoms with Crippen molar-refractivity contribution in [3.8, 4) is 5.69 Å². The quantitative estimate of drug-likeness (QED) is 0.570. The van der Waals surface area contributed by atoms with Gasteiger partial charge in [-0.05, 0) is 24.1 Å². The number of nitrogens with one attached hydrogen (secondary N) is 1. The number of benzene rings is 1. The highest BCUT2D eigenvalue weighted by molar-refractivity contribution is 5.80. The zero-order valence-electron chi connectivity index (χ0n) is 15.8. The van der Waals surface area contributed by atoms with Gasteiger partial charge in [-0.25, -0.2) is 4.68 Å². The maximum Gasteiger partial charge on any atom is 0.193 e. The minimum atomic E-state index is 0.512. The first-order chi connectivity index (χ1) is 13.2. The van der Waals surface area contributed by atoms with Crippen LogP contribution in [0.15, 0.2) is 60.1 Å². The van der Waals surface area contributed by atoms with Crippen LogP contribution in [0.4, 0.5) is 0 Å². The molecule has 4 rings (SSSR count). The molecule has 3 heterocycles. The Balaban J connectivity index is 1.36. The maximum absolute atomic E-state index is 4.47. The monoisotopic (exact) mass is 363 g/mol. The molecule has 1 unspecified atom stereocenters. The molecule has 1 N–H and O–H groups in total. The second-order valence-electron chi connectivity index (χ2n) is 6.91. The van der Waals surface area contributed by atoms with Gasteiger partial charge in [-0.15, -0.1) is 0 Å². The summed E-state index contributed by atoms with van der Waals surface area (Å²) >= 11 is 0. The van der Waals surface area contributed by atoms with Crippen molar-refractivity contribution in [3.05, 3.63) is 66.2 Å². The molecule has 1 aromatic carbocycles. The summed E-state index contributed by atoms with van der Waals surface area (Å²) in [7, 11) is 3.80. The number of likely N-dealkylation sites (tertiary alicyclic amines) is 1. The standard InChI is InChI=1S/C20H25N7/c1-21-20(26-9-8-17(15-26)18-12-23-25(2)14-18)22-10-16-11-24-27(13-16)19-6-4-3-5-7-19/h3-7,11-14,17H,8-10,15H2,1-2H3,(H,21,22). The third-order valence-corrected chi connectivity index (χ3v) is 5.00. The fraction of sp³-hybridized carbons (Fsp3) is 0.350. The predicted molar refractivity (Wildman–Crippen MR) is 106 cm³/mol. The van der Waals surface area contributed by atoms with Gasteiger partial charge in [0, 0.05) is 57.6 Å². The Hall–Kier alpha value is -3.09. The number of rotatable bonds is 4. The van der Waals surface area contributed by atoms with Gasteiger partial charge in [0.1, 0.15) is 0 Å². The molecule has 7 nitrogen and oxygen atoms in total. The SMILES string of the molecule is CN=C(NCc1cnn(-c2ccccc2)c1)N1CCC(c2cnn(C)c2)C1. The minimum absolute atomic E-state index is 0.512. The second-order valence-corrected chi connectivity index (χ2v) is 6.91. The number of guanidine groups is 1. The fourth-order valence-electron chi connectivity index (χ4n) is 3.56. The molecular formula is C20H25N7. The Morgan fingerprint density at radius 1 is 1.19 bits per heavy atom. The van der Waals surface area contributed by atoms with Crippen LogP contribution in [0.1, 0.15) is 23.5 Å². The molecule has 27 heavy (non-hydrogen) atoms. The largest absolute Gasteiger partial charge is 0.352 e. The number of aryl methyl sites for hydroxylation is 1. The van der Waals surface area contributed by atoms with E-state index in [9.17, 15) is 0 Å². The third-order valence-electron chi connectivity index (χ3n) is 5.00. The molecule has 0 saturated carbocycles. The van der Waals surface area contributed by atoms with Crippen molar-refractivity contribution in [1.82, 2.24) is 29.8 Å². The normalized spacial score (nSPS) is 17.5. The van der Waals surface area contributed by atoms with Crippen molar-refractivity contribution in [3.63, 3.8) is 0 Å². The van der Waals surface area contributed by atoms with Crippen molar-refractivity contribution in [2.24, 2.45) is 12.0 Å². The van der Waals surface area contributed by atoms with Crippen LogP contribution in [0.5, 0.6) is 0 Å². The smallest absolute Gasteiger partial charge is 0.193 e. The van der Waals surface area contributed by atoms with Crippen molar-refractivity contribution >= 4 is 5.96 Å². The molecule has 1 fully saturated rings. The highest BCUT2D eigenvalue weighted by Crippen LogP contribution is 2.26. The van der Waals surface area contributed by atoms with Gasteiger partial charge in [-0.2, -0.15) is 10.2 Å². The Bertz CT molecular complexity index is 909. The second kappa shape index (κ2) is 7.65. The first-order valence-corrected chi connectivity index (χ1v) is 9.26. The van der Waals surface area contributed by atoms with Crippen LogP contribution in [-0.2, 0) is 13.6 Å². The molecule has 1 saturated heterocycles. The van der Waals surface area contributed by atoms with E-state index in [0.717, 1.165) is 36.7 Å². The van der Waals surface area contributed by atoms with Gasteiger partial charge >= 0.3 is 0 Å². The lowest BCUT2D eigenvalue weighted by Crippen LogP contribution is -2.39. The molecule has 0 bridgehead atoms. The molecule has 1 atom stereocenters. The van der Waals surface area contributed by atoms with Crippen molar-refractivity contribution in [1.29, 1.82) is 0 Å². The molecular weight excluding hydrogens is 338 g/mol.